The van der Waals surface area contributed by atoms with Crippen LogP contribution >= 0.6 is 11.3 Å². The maximum atomic E-state index is 13.5. The summed E-state index contributed by atoms with van der Waals surface area (Å²) in [7, 11) is 0. The van der Waals surface area contributed by atoms with Gasteiger partial charge in [0, 0.05) is 28.6 Å². The number of carbonyl (C=O) groups excluding carboxylic acids is 1. The van der Waals surface area contributed by atoms with Gasteiger partial charge in [-0.1, -0.05) is 61.9 Å². The number of imidazole rings is 1. The second-order valence-electron chi connectivity index (χ2n) is 8.14. The van der Waals surface area contributed by atoms with Crippen molar-refractivity contribution in [1.82, 2.24) is 4.57 Å². The summed E-state index contributed by atoms with van der Waals surface area (Å²) in [6.07, 6.45) is 8.51. The summed E-state index contributed by atoms with van der Waals surface area (Å²) < 4.78 is 24.1. The Labute approximate surface area is 210 Å². The van der Waals surface area contributed by atoms with E-state index < -0.39 is 5.97 Å². The molecule has 0 fully saturated rings. The van der Waals surface area contributed by atoms with Crippen LogP contribution in [0.25, 0.3) is 0 Å². The molecule has 0 saturated heterocycles. The first-order valence-corrected chi connectivity index (χ1v) is 12.6. The van der Waals surface area contributed by atoms with Gasteiger partial charge < -0.3 is 14.6 Å². The average Bonchev–Trinajstić information content (AvgIpc) is 3.53. The quantitative estimate of drug-likeness (QED) is 0.232. The van der Waals surface area contributed by atoms with Crippen molar-refractivity contribution in [2.75, 3.05) is 6.61 Å². The van der Waals surface area contributed by atoms with E-state index in [-0.39, 0.29) is 18.0 Å². The Morgan fingerprint density at radius 1 is 1.09 bits per heavy atom. The topological polar surface area (TPSA) is 58.2 Å². The molecule has 184 valence electrons. The highest BCUT2D eigenvalue weighted by molar-refractivity contribution is 7.10. The summed E-state index contributed by atoms with van der Waals surface area (Å²) in [5.74, 6) is -1.30. The average molecular weight is 495 g/mol. The van der Waals surface area contributed by atoms with Gasteiger partial charge >= 0.3 is 0 Å². The van der Waals surface area contributed by atoms with Crippen molar-refractivity contribution in [2.24, 2.45) is 0 Å². The molecule has 0 aliphatic heterocycles. The first-order valence-electron chi connectivity index (χ1n) is 11.7. The van der Waals surface area contributed by atoms with E-state index >= 15 is 0 Å². The zero-order valence-corrected chi connectivity index (χ0v) is 20.9. The molecule has 7 heteroatoms. The first-order chi connectivity index (χ1) is 17.0. The molecule has 0 aliphatic carbocycles. The lowest BCUT2D eigenvalue weighted by atomic mass is 9.98. The van der Waals surface area contributed by atoms with Crippen LogP contribution in [0.2, 0.25) is 0 Å². The molecule has 0 spiro atoms. The minimum absolute atomic E-state index is 0.0238. The van der Waals surface area contributed by atoms with Crippen molar-refractivity contribution >= 4 is 17.3 Å². The number of hydrogen-bond donors (Lipinski definition) is 0. The fourth-order valence-corrected chi connectivity index (χ4v) is 4.52. The van der Waals surface area contributed by atoms with Crippen LogP contribution in [0.3, 0.4) is 0 Å². The lowest BCUT2D eigenvalue weighted by Gasteiger charge is -2.16. The van der Waals surface area contributed by atoms with Crippen molar-refractivity contribution < 1.29 is 23.6 Å². The van der Waals surface area contributed by atoms with E-state index in [2.05, 4.69) is 64.4 Å². The number of aromatic nitrogens is 2. The zero-order chi connectivity index (χ0) is 25.0. The van der Waals surface area contributed by atoms with E-state index in [1.54, 1.807) is 11.3 Å². The summed E-state index contributed by atoms with van der Waals surface area (Å²) in [5.41, 5.74) is 2.20. The van der Waals surface area contributed by atoms with Gasteiger partial charge in [0.05, 0.1) is 0 Å². The predicted octanol–water partition coefficient (Wildman–Crippen LogP) is 4.93. The Morgan fingerprint density at radius 3 is 2.40 bits per heavy atom. The standard InChI is InChI=1S/C26H28FN2OS.C2H4O2/c1-2-3-17-30-24(25-10-7-18-31-25)19-28-15-16-29(20-28)26(21-8-5-4-6-9-21)22-11-13-23(27)14-12-22;1-2(3)4/h4-16,18,20,24,26H,2-3,17,19H2,1H3;1H3,(H,3,4)/q+1;/p-1. The number of carbonyl (C=O) groups is 1. The third-order valence-corrected chi connectivity index (χ3v) is 6.33. The summed E-state index contributed by atoms with van der Waals surface area (Å²) in [6, 6.07) is 21.3. The van der Waals surface area contributed by atoms with Crippen LogP contribution in [0.4, 0.5) is 4.39 Å². The second-order valence-corrected chi connectivity index (χ2v) is 9.12. The smallest absolute Gasteiger partial charge is 0.244 e. The van der Waals surface area contributed by atoms with E-state index in [4.69, 9.17) is 14.6 Å². The number of carboxylic acid groups (broad SMARTS) is 1. The normalized spacial score (nSPS) is 12.4. The van der Waals surface area contributed by atoms with Crippen molar-refractivity contribution in [1.29, 1.82) is 0 Å². The third-order valence-electron chi connectivity index (χ3n) is 5.37. The number of aliphatic carboxylic acids is 1. The molecule has 2 heterocycles. The van der Waals surface area contributed by atoms with Crippen LogP contribution in [-0.2, 0) is 16.1 Å². The Balaban J connectivity index is 0.000000795. The SMILES string of the molecule is CC(=O)[O-].CCCCOC(Cn1cc[n+](C(c2ccccc2)c2ccc(F)cc2)c1)c1cccs1. The Hall–Kier alpha value is -3.29. The molecule has 4 rings (SSSR count). The maximum Gasteiger partial charge on any atom is 0.244 e. The van der Waals surface area contributed by atoms with E-state index in [1.165, 1.54) is 17.0 Å². The fraction of sp³-hybridized carbons (Fsp3) is 0.286. The van der Waals surface area contributed by atoms with Crippen molar-refractivity contribution in [3.05, 3.63) is 113 Å². The van der Waals surface area contributed by atoms with Gasteiger partial charge in [-0.2, -0.15) is 0 Å². The van der Waals surface area contributed by atoms with E-state index in [0.29, 0.717) is 0 Å². The molecule has 2 aromatic heterocycles. The summed E-state index contributed by atoms with van der Waals surface area (Å²) in [4.78, 5) is 10.1. The van der Waals surface area contributed by atoms with Gasteiger partial charge in [0.2, 0.25) is 6.33 Å². The van der Waals surface area contributed by atoms with Crippen molar-refractivity contribution in [3.8, 4) is 0 Å². The fourth-order valence-electron chi connectivity index (χ4n) is 3.75. The highest BCUT2D eigenvalue weighted by Gasteiger charge is 2.23. The number of halogens is 1. The molecule has 0 radical (unpaired) electrons. The summed E-state index contributed by atoms with van der Waals surface area (Å²) in [6.45, 7) is 4.67. The lowest BCUT2D eigenvalue weighted by Crippen LogP contribution is -2.39. The maximum absolute atomic E-state index is 13.5. The molecular weight excluding hydrogens is 463 g/mol. The molecule has 35 heavy (non-hydrogen) atoms. The van der Waals surface area contributed by atoms with E-state index in [9.17, 15) is 4.39 Å². The molecular formula is C28H31FN2O3S. The summed E-state index contributed by atoms with van der Waals surface area (Å²) in [5, 5.41) is 11.0. The first kappa shape index (κ1) is 26.3. The zero-order valence-electron chi connectivity index (χ0n) is 20.0. The van der Waals surface area contributed by atoms with Gasteiger partial charge in [0.1, 0.15) is 30.9 Å². The Morgan fingerprint density at radius 2 is 1.77 bits per heavy atom. The Bertz CT molecular complexity index is 1140. The van der Waals surface area contributed by atoms with Gasteiger partial charge in [0.25, 0.3) is 0 Å². The van der Waals surface area contributed by atoms with Gasteiger partial charge in [0.15, 0.2) is 6.04 Å². The van der Waals surface area contributed by atoms with Crippen LogP contribution in [0, 0.1) is 5.82 Å². The van der Waals surface area contributed by atoms with E-state index in [1.807, 2.05) is 30.3 Å². The largest absolute Gasteiger partial charge is 0.550 e. The minimum atomic E-state index is -1.08. The van der Waals surface area contributed by atoms with Crippen LogP contribution in [0.5, 0.6) is 0 Å². The molecule has 5 nitrogen and oxygen atoms in total. The number of carboxylic acids is 1. The van der Waals surface area contributed by atoms with Crippen molar-refractivity contribution in [2.45, 2.75) is 45.4 Å². The number of unbranched alkanes of at least 4 members (excludes halogenated alkanes) is 1. The van der Waals surface area contributed by atoms with Gasteiger partial charge in [-0.05, 0) is 36.9 Å². The van der Waals surface area contributed by atoms with Gasteiger partial charge in [-0.15, -0.1) is 11.3 Å². The number of benzene rings is 2. The van der Waals surface area contributed by atoms with Crippen LogP contribution in [0.15, 0.2) is 90.8 Å². The van der Waals surface area contributed by atoms with Crippen molar-refractivity contribution in [3.63, 3.8) is 0 Å². The lowest BCUT2D eigenvalue weighted by molar-refractivity contribution is -0.704. The third kappa shape index (κ3) is 8.16. The molecule has 0 N–H and O–H groups in total. The van der Waals surface area contributed by atoms with Gasteiger partial charge in [-0.3, -0.25) is 0 Å². The molecule has 0 saturated carbocycles. The number of hydrogen-bond acceptors (Lipinski definition) is 4. The van der Waals surface area contributed by atoms with E-state index in [0.717, 1.165) is 44.0 Å². The van der Waals surface area contributed by atoms with Crippen LogP contribution in [0.1, 0.15) is 54.8 Å². The van der Waals surface area contributed by atoms with Crippen LogP contribution in [-0.4, -0.2) is 17.1 Å². The number of ether oxygens (including phenoxy) is 1. The minimum Gasteiger partial charge on any atom is -0.550 e. The number of rotatable bonds is 10. The summed E-state index contributed by atoms with van der Waals surface area (Å²) >= 11 is 1.74. The molecule has 2 unspecified atom stereocenters. The molecule has 0 bridgehead atoms. The molecule has 2 aromatic carbocycles. The monoisotopic (exact) mass is 494 g/mol. The number of thiophene rings is 1. The predicted molar refractivity (Wildman–Crippen MR) is 133 cm³/mol. The molecule has 4 aromatic rings. The van der Waals surface area contributed by atoms with Crippen LogP contribution < -0.4 is 9.67 Å². The Kier molecular flexibility index (Phi) is 10.2. The highest BCUT2D eigenvalue weighted by atomic mass is 32.1. The van der Waals surface area contributed by atoms with Gasteiger partial charge in [-0.25, -0.2) is 13.5 Å². The molecule has 2 atom stereocenters. The highest BCUT2D eigenvalue weighted by Crippen LogP contribution is 2.26. The molecule has 0 aliphatic rings. The number of nitrogens with zero attached hydrogens (tertiary/aromatic N) is 2. The second kappa shape index (κ2) is 13.6. The molecule has 0 amide bonds.